The van der Waals surface area contributed by atoms with Crippen molar-refractivity contribution in [1.82, 2.24) is 0 Å². The molecule has 0 saturated heterocycles. The Hall–Kier alpha value is -1.88. The molecule has 0 heterocycles. The van der Waals surface area contributed by atoms with Gasteiger partial charge in [-0.15, -0.1) is 0 Å². The van der Waals surface area contributed by atoms with Crippen LogP contribution in [0.1, 0.15) is 5.56 Å². The highest BCUT2D eigenvalue weighted by atomic mass is 16.5. The molecule has 16 heavy (non-hydrogen) atoms. The zero-order valence-electron chi connectivity index (χ0n) is 8.63. The summed E-state index contributed by atoms with van der Waals surface area (Å²) in [6.07, 6.45) is 0. The largest absolute Gasteiger partial charge is 0.481 e. The van der Waals surface area contributed by atoms with Gasteiger partial charge in [-0.2, -0.15) is 0 Å². The Morgan fingerprint density at radius 3 is 2.44 bits per heavy atom. The van der Waals surface area contributed by atoms with E-state index in [0.29, 0.717) is 0 Å². The standard InChI is InChI=1S/C11H13NO4/c12-6-9(10(13)14)11(15)16-7-8-4-2-1-3-5-8/h1-5,9H,6-7,12H2,(H,13,14). The summed E-state index contributed by atoms with van der Waals surface area (Å²) < 4.78 is 4.84. The van der Waals surface area contributed by atoms with E-state index in [4.69, 9.17) is 15.6 Å². The predicted octanol–water partition coefficient (Wildman–Crippen LogP) is 0.389. The van der Waals surface area contributed by atoms with Crippen LogP contribution in [0.2, 0.25) is 0 Å². The summed E-state index contributed by atoms with van der Waals surface area (Å²) in [6, 6.07) is 9.02. The second kappa shape index (κ2) is 5.87. The minimum atomic E-state index is -1.29. The van der Waals surface area contributed by atoms with Crippen LogP contribution in [-0.4, -0.2) is 23.6 Å². The number of esters is 1. The second-order valence-electron chi connectivity index (χ2n) is 3.22. The van der Waals surface area contributed by atoms with Gasteiger partial charge in [0.15, 0.2) is 5.92 Å². The van der Waals surface area contributed by atoms with Crippen molar-refractivity contribution in [1.29, 1.82) is 0 Å². The van der Waals surface area contributed by atoms with E-state index in [9.17, 15) is 9.59 Å². The van der Waals surface area contributed by atoms with Crippen molar-refractivity contribution < 1.29 is 19.4 Å². The summed E-state index contributed by atoms with van der Waals surface area (Å²) in [5.41, 5.74) is 5.96. The van der Waals surface area contributed by atoms with Crippen molar-refractivity contribution in [2.45, 2.75) is 6.61 Å². The SMILES string of the molecule is NCC(C(=O)O)C(=O)OCc1ccccc1. The fraction of sp³-hybridized carbons (Fsp3) is 0.273. The van der Waals surface area contributed by atoms with Crippen LogP contribution in [0.5, 0.6) is 0 Å². The van der Waals surface area contributed by atoms with Crippen LogP contribution in [0, 0.1) is 5.92 Å². The number of hydrogen-bond donors (Lipinski definition) is 2. The Morgan fingerprint density at radius 1 is 1.31 bits per heavy atom. The Bertz CT molecular complexity index is 364. The van der Waals surface area contributed by atoms with E-state index in [1.165, 1.54) is 0 Å². The third-order valence-corrected chi connectivity index (χ3v) is 2.04. The number of rotatable bonds is 5. The maximum Gasteiger partial charge on any atom is 0.321 e. The molecule has 1 rings (SSSR count). The summed E-state index contributed by atoms with van der Waals surface area (Å²) in [6.45, 7) is -0.202. The monoisotopic (exact) mass is 223 g/mol. The van der Waals surface area contributed by atoms with E-state index in [1.807, 2.05) is 6.07 Å². The number of ether oxygens (including phenoxy) is 1. The molecule has 3 N–H and O–H groups in total. The van der Waals surface area contributed by atoms with E-state index in [2.05, 4.69) is 0 Å². The third-order valence-electron chi connectivity index (χ3n) is 2.04. The molecule has 0 saturated carbocycles. The van der Waals surface area contributed by atoms with Gasteiger partial charge in [-0.1, -0.05) is 30.3 Å². The number of benzene rings is 1. The molecule has 0 aromatic heterocycles. The highest BCUT2D eigenvalue weighted by Gasteiger charge is 2.25. The Morgan fingerprint density at radius 2 is 1.94 bits per heavy atom. The van der Waals surface area contributed by atoms with Crippen molar-refractivity contribution >= 4 is 11.9 Å². The van der Waals surface area contributed by atoms with Crippen LogP contribution in [0.25, 0.3) is 0 Å². The van der Waals surface area contributed by atoms with Gasteiger partial charge >= 0.3 is 11.9 Å². The fourth-order valence-corrected chi connectivity index (χ4v) is 1.13. The van der Waals surface area contributed by atoms with E-state index < -0.39 is 17.9 Å². The first-order valence-electron chi connectivity index (χ1n) is 4.78. The van der Waals surface area contributed by atoms with Crippen LogP contribution < -0.4 is 5.73 Å². The number of carboxylic acids is 1. The van der Waals surface area contributed by atoms with Gasteiger partial charge in [-0.25, -0.2) is 0 Å². The van der Waals surface area contributed by atoms with Crippen LogP contribution in [0.4, 0.5) is 0 Å². The van der Waals surface area contributed by atoms with Crippen molar-refractivity contribution in [3.05, 3.63) is 35.9 Å². The summed E-state index contributed by atoms with van der Waals surface area (Å²) in [7, 11) is 0. The van der Waals surface area contributed by atoms with Gasteiger partial charge in [0.1, 0.15) is 6.61 Å². The van der Waals surface area contributed by atoms with Crippen molar-refractivity contribution in [2.24, 2.45) is 11.7 Å². The lowest BCUT2D eigenvalue weighted by Crippen LogP contribution is -2.32. The summed E-state index contributed by atoms with van der Waals surface area (Å²) in [5.74, 6) is -3.36. The molecule has 0 radical (unpaired) electrons. The molecule has 1 atom stereocenters. The maximum atomic E-state index is 11.3. The highest BCUT2D eigenvalue weighted by Crippen LogP contribution is 2.04. The van der Waals surface area contributed by atoms with Crippen molar-refractivity contribution in [3.8, 4) is 0 Å². The Kier molecular flexibility index (Phi) is 4.47. The first-order chi connectivity index (χ1) is 7.65. The molecule has 0 aliphatic heterocycles. The molecule has 0 aliphatic carbocycles. The molecule has 0 amide bonds. The Balaban J connectivity index is 2.49. The smallest absolute Gasteiger partial charge is 0.321 e. The van der Waals surface area contributed by atoms with Gasteiger partial charge < -0.3 is 15.6 Å². The summed E-state index contributed by atoms with van der Waals surface area (Å²) >= 11 is 0. The lowest BCUT2D eigenvalue weighted by Gasteiger charge is -2.09. The molecular formula is C11H13NO4. The molecule has 86 valence electrons. The molecular weight excluding hydrogens is 210 g/mol. The molecule has 5 heteroatoms. The Labute approximate surface area is 92.8 Å². The fourth-order valence-electron chi connectivity index (χ4n) is 1.13. The second-order valence-corrected chi connectivity index (χ2v) is 3.22. The van der Waals surface area contributed by atoms with Gasteiger partial charge in [-0.05, 0) is 5.56 Å². The number of carbonyl (C=O) groups is 2. The lowest BCUT2D eigenvalue weighted by atomic mass is 10.1. The molecule has 0 bridgehead atoms. The topological polar surface area (TPSA) is 89.6 Å². The highest BCUT2D eigenvalue weighted by molar-refractivity contribution is 5.94. The van der Waals surface area contributed by atoms with E-state index in [-0.39, 0.29) is 13.2 Å². The van der Waals surface area contributed by atoms with E-state index in [1.54, 1.807) is 24.3 Å². The molecule has 0 aliphatic rings. The van der Waals surface area contributed by atoms with Crippen LogP contribution in [0.3, 0.4) is 0 Å². The predicted molar refractivity (Wildman–Crippen MR) is 56.4 cm³/mol. The van der Waals surface area contributed by atoms with Crippen molar-refractivity contribution in [2.75, 3.05) is 6.54 Å². The number of carbonyl (C=O) groups excluding carboxylic acids is 1. The molecule has 5 nitrogen and oxygen atoms in total. The summed E-state index contributed by atoms with van der Waals surface area (Å²) in [4.78, 5) is 21.9. The van der Waals surface area contributed by atoms with E-state index in [0.717, 1.165) is 5.56 Å². The number of carboxylic acid groups (broad SMARTS) is 1. The van der Waals surface area contributed by atoms with Gasteiger partial charge in [0, 0.05) is 6.54 Å². The van der Waals surface area contributed by atoms with Gasteiger partial charge in [0.2, 0.25) is 0 Å². The van der Waals surface area contributed by atoms with Crippen molar-refractivity contribution in [3.63, 3.8) is 0 Å². The molecule has 0 fully saturated rings. The number of hydrogen-bond acceptors (Lipinski definition) is 4. The summed E-state index contributed by atoms with van der Waals surface area (Å²) in [5, 5.41) is 8.66. The number of aliphatic carboxylic acids is 1. The number of nitrogens with two attached hydrogens (primary N) is 1. The van der Waals surface area contributed by atoms with Crippen LogP contribution >= 0.6 is 0 Å². The minimum absolute atomic E-state index is 0.0590. The normalized spacial score (nSPS) is 11.8. The average molecular weight is 223 g/mol. The molecule has 1 aromatic rings. The maximum absolute atomic E-state index is 11.3. The lowest BCUT2D eigenvalue weighted by molar-refractivity contribution is -0.159. The van der Waals surface area contributed by atoms with Gasteiger partial charge in [-0.3, -0.25) is 9.59 Å². The molecule has 1 aromatic carbocycles. The van der Waals surface area contributed by atoms with E-state index >= 15 is 0 Å². The zero-order valence-corrected chi connectivity index (χ0v) is 8.63. The zero-order chi connectivity index (χ0) is 12.0. The first-order valence-corrected chi connectivity index (χ1v) is 4.78. The minimum Gasteiger partial charge on any atom is -0.481 e. The van der Waals surface area contributed by atoms with Gasteiger partial charge in [0.05, 0.1) is 0 Å². The third kappa shape index (κ3) is 3.36. The van der Waals surface area contributed by atoms with Crippen LogP contribution in [-0.2, 0) is 20.9 Å². The quantitative estimate of drug-likeness (QED) is 0.556. The average Bonchev–Trinajstić information content (AvgIpc) is 2.28. The first kappa shape index (κ1) is 12.2. The molecule has 1 unspecified atom stereocenters. The van der Waals surface area contributed by atoms with Gasteiger partial charge in [0.25, 0.3) is 0 Å². The molecule has 0 spiro atoms. The van der Waals surface area contributed by atoms with Crippen LogP contribution in [0.15, 0.2) is 30.3 Å².